The summed E-state index contributed by atoms with van der Waals surface area (Å²) in [6.07, 6.45) is 6.82. The van der Waals surface area contributed by atoms with Crippen molar-refractivity contribution in [3.63, 3.8) is 0 Å². The number of rotatable bonds is 13. The van der Waals surface area contributed by atoms with Crippen LogP contribution in [-0.4, -0.2) is 35.1 Å². The Balaban J connectivity index is 2.16. The number of aliphatic hydroxyl groups is 2. The Bertz CT molecular complexity index is 452. The van der Waals surface area contributed by atoms with Crippen LogP contribution >= 0.6 is 0 Å². The van der Waals surface area contributed by atoms with Crippen LogP contribution in [0.3, 0.4) is 0 Å². The van der Waals surface area contributed by atoms with Gasteiger partial charge in [-0.1, -0.05) is 69.4 Å². The number of hydrogen-bond donors (Lipinski definition) is 3. The molecule has 0 bridgehead atoms. The fourth-order valence-corrected chi connectivity index (χ4v) is 2.66. The lowest BCUT2D eigenvalue weighted by atomic mass is 10.0. The van der Waals surface area contributed by atoms with E-state index in [1.165, 1.54) is 19.3 Å². The van der Waals surface area contributed by atoms with E-state index in [-0.39, 0.29) is 19.3 Å². The van der Waals surface area contributed by atoms with Gasteiger partial charge in [-0.15, -0.1) is 0 Å². The highest BCUT2D eigenvalue weighted by molar-refractivity contribution is 5.67. The summed E-state index contributed by atoms with van der Waals surface area (Å²) in [6, 6.07) is 9.05. The van der Waals surface area contributed by atoms with Gasteiger partial charge in [-0.3, -0.25) is 0 Å². The Morgan fingerprint density at radius 1 is 1.08 bits per heavy atom. The molecule has 0 saturated heterocycles. The molecule has 1 aromatic carbocycles. The van der Waals surface area contributed by atoms with Crippen molar-refractivity contribution in [3.05, 3.63) is 35.9 Å². The third-order valence-corrected chi connectivity index (χ3v) is 4.24. The predicted molar refractivity (Wildman–Crippen MR) is 99.3 cm³/mol. The largest absolute Gasteiger partial charge is 0.445 e. The number of carbonyl (C=O) groups is 1. The minimum atomic E-state index is -0.544. The maximum absolute atomic E-state index is 11.8. The summed E-state index contributed by atoms with van der Waals surface area (Å²) in [5.74, 6) is 0. The van der Waals surface area contributed by atoms with Crippen molar-refractivity contribution < 1.29 is 19.7 Å². The molecule has 0 fully saturated rings. The number of benzene rings is 1. The first-order valence-corrected chi connectivity index (χ1v) is 9.41. The van der Waals surface area contributed by atoms with Crippen LogP contribution in [0.1, 0.15) is 63.9 Å². The van der Waals surface area contributed by atoms with Gasteiger partial charge in [0.05, 0.1) is 18.8 Å². The van der Waals surface area contributed by atoms with E-state index in [9.17, 15) is 15.0 Å². The lowest BCUT2D eigenvalue weighted by Gasteiger charge is -2.18. The minimum absolute atomic E-state index is 0.163. The highest BCUT2D eigenvalue weighted by atomic mass is 16.5. The van der Waals surface area contributed by atoms with Crippen LogP contribution in [0.5, 0.6) is 0 Å². The normalized spacial score (nSPS) is 13.2. The predicted octanol–water partition coefficient (Wildman–Crippen LogP) is 3.78. The Morgan fingerprint density at radius 2 is 1.80 bits per heavy atom. The van der Waals surface area contributed by atoms with Gasteiger partial charge in [-0.2, -0.15) is 0 Å². The number of unbranched alkanes of at least 4 members (excludes halogenated alkanes) is 4. The summed E-state index contributed by atoms with van der Waals surface area (Å²) in [6.45, 7) is 2.22. The van der Waals surface area contributed by atoms with E-state index in [0.717, 1.165) is 24.8 Å². The molecule has 142 valence electrons. The third-order valence-electron chi connectivity index (χ3n) is 4.24. The molecular weight excluding hydrogens is 318 g/mol. The summed E-state index contributed by atoms with van der Waals surface area (Å²) in [5, 5.41) is 22.1. The van der Waals surface area contributed by atoms with Gasteiger partial charge < -0.3 is 20.3 Å². The van der Waals surface area contributed by atoms with Crippen molar-refractivity contribution in [2.45, 2.75) is 77.0 Å². The Kier molecular flexibility index (Phi) is 11.7. The second kappa shape index (κ2) is 13.7. The zero-order valence-electron chi connectivity index (χ0n) is 15.3. The topological polar surface area (TPSA) is 78.8 Å². The van der Waals surface area contributed by atoms with Crippen molar-refractivity contribution in [3.8, 4) is 0 Å². The average Bonchev–Trinajstić information content (AvgIpc) is 2.64. The van der Waals surface area contributed by atoms with Crippen molar-refractivity contribution >= 4 is 6.09 Å². The van der Waals surface area contributed by atoms with Crippen LogP contribution in [0.4, 0.5) is 4.79 Å². The zero-order chi connectivity index (χ0) is 18.3. The number of carbonyl (C=O) groups excluding carboxylic acids is 1. The van der Waals surface area contributed by atoms with Crippen molar-refractivity contribution in [1.82, 2.24) is 5.32 Å². The molecule has 2 atom stereocenters. The van der Waals surface area contributed by atoms with Gasteiger partial charge in [0.1, 0.15) is 6.61 Å². The number of amides is 1. The maximum Gasteiger partial charge on any atom is 0.407 e. The van der Waals surface area contributed by atoms with Gasteiger partial charge in [0.15, 0.2) is 0 Å². The first-order chi connectivity index (χ1) is 12.2. The van der Waals surface area contributed by atoms with Gasteiger partial charge in [0.25, 0.3) is 0 Å². The maximum atomic E-state index is 11.8. The summed E-state index contributed by atoms with van der Waals surface area (Å²) in [5.41, 5.74) is 0.914. The number of hydrogen-bond acceptors (Lipinski definition) is 4. The first-order valence-electron chi connectivity index (χ1n) is 9.41. The van der Waals surface area contributed by atoms with E-state index in [2.05, 4.69) is 12.2 Å². The Labute approximate surface area is 151 Å². The number of nitrogens with one attached hydrogen (secondary N) is 1. The fourth-order valence-electron chi connectivity index (χ4n) is 2.66. The molecule has 0 saturated carbocycles. The first kappa shape index (κ1) is 21.5. The van der Waals surface area contributed by atoms with Gasteiger partial charge >= 0.3 is 6.09 Å². The number of ether oxygens (including phenoxy) is 1. The van der Waals surface area contributed by atoms with Crippen molar-refractivity contribution in [2.75, 3.05) is 6.61 Å². The lowest BCUT2D eigenvalue weighted by molar-refractivity contribution is 0.117. The molecule has 0 radical (unpaired) electrons. The molecule has 0 heterocycles. The van der Waals surface area contributed by atoms with E-state index < -0.39 is 12.1 Å². The molecule has 0 aliphatic heterocycles. The van der Waals surface area contributed by atoms with Crippen LogP contribution in [0.15, 0.2) is 30.3 Å². The van der Waals surface area contributed by atoms with Crippen LogP contribution in [0.25, 0.3) is 0 Å². The van der Waals surface area contributed by atoms with E-state index in [4.69, 9.17) is 4.74 Å². The van der Waals surface area contributed by atoms with Crippen LogP contribution in [0, 0.1) is 0 Å². The summed E-state index contributed by atoms with van der Waals surface area (Å²) in [7, 11) is 0. The van der Waals surface area contributed by atoms with Gasteiger partial charge in [-0.05, 0) is 24.8 Å². The van der Waals surface area contributed by atoms with E-state index >= 15 is 0 Å². The van der Waals surface area contributed by atoms with Gasteiger partial charge in [0.2, 0.25) is 0 Å². The van der Waals surface area contributed by atoms with Gasteiger partial charge in [0, 0.05) is 0 Å². The number of alkyl carbamates (subject to hydrolysis) is 1. The second-order valence-corrected chi connectivity index (χ2v) is 6.52. The second-order valence-electron chi connectivity index (χ2n) is 6.52. The molecule has 5 heteroatoms. The molecule has 1 unspecified atom stereocenters. The third kappa shape index (κ3) is 10.8. The number of aliphatic hydroxyl groups excluding tert-OH is 2. The molecule has 0 aromatic heterocycles. The minimum Gasteiger partial charge on any atom is -0.445 e. The molecule has 5 nitrogen and oxygen atoms in total. The van der Waals surface area contributed by atoms with Crippen LogP contribution in [0.2, 0.25) is 0 Å². The molecule has 1 amide bonds. The Morgan fingerprint density at radius 3 is 2.48 bits per heavy atom. The molecule has 1 aromatic rings. The lowest BCUT2D eigenvalue weighted by Crippen LogP contribution is -2.38. The quantitative estimate of drug-likeness (QED) is 0.473. The molecule has 0 aliphatic carbocycles. The Hall–Kier alpha value is -1.59. The van der Waals surface area contributed by atoms with Crippen molar-refractivity contribution in [2.24, 2.45) is 0 Å². The smallest absolute Gasteiger partial charge is 0.407 e. The van der Waals surface area contributed by atoms with Crippen LogP contribution < -0.4 is 5.32 Å². The molecule has 3 N–H and O–H groups in total. The molecular formula is C20H33NO4. The van der Waals surface area contributed by atoms with E-state index in [1.54, 1.807) is 0 Å². The van der Waals surface area contributed by atoms with E-state index in [0.29, 0.717) is 12.8 Å². The van der Waals surface area contributed by atoms with E-state index in [1.807, 2.05) is 30.3 Å². The standard InChI is InChI=1S/C20H33NO4/c1-2-3-4-5-9-12-19(23)14-13-18(15-22)21-20(24)25-16-17-10-7-6-8-11-17/h6-8,10-11,18-19,22-23H,2-5,9,12-16H2,1H3,(H,21,24)/t18-,19?/m0/s1. The zero-order valence-corrected chi connectivity index (χ0v) is 15.3. The average molecular weight is 351 g/mol. The van der Waals surface area contributed by atoms with Crippen LogP contribution in [-0.2, 0) is 11.3 Å². The summed E-state index contributed by atoms with van der Waals surface area (Å²) in [4.78, 5) is 11.8. The van der Waals surface area contributed by atoms with Crippen molar-refractivity contribution in [1.29, 1.82) is 0 Å². The summed E-state index contributed by atoms with van der Waals surface area (Å²) < 4.78 is 5.15. The van der Waals surface area contributed by atoms with Gasteiger partial charge in [-0.25, -0.2) is 4.79 Å². The summed E-state index contributed by atoms with van der Waals surface area (Å²) >= 11 is 0. The highest BCUT2D eigenvalue weighted by Crippen LogP contribution is 2.12. The SMILES string of the molecule is CCCCCCCC(O)CC[C@@H](CO)NC(=O)OCc1ccccc1. The molecule has 0 spiro atoms. The fraction of sp³-hybridized carbons (Fsp3) is 0.650. The molecule has 1 rings (SSSR count). The highest BCUT2D eigenvalue weighted by Gasteiger charge is 2.14. The molecule has 25 heavy (non-hydrogen) atoms. The molecule has 0 aliphatic rings. The monoisotopic (exact) mass is 351 g/mol.